The van der Waals surface area contributed by atoms with E-state index in [0.717, 1.165) is 0 Å². The van der Waals surface area contributed by atoms with Crippen molar-refractivity contribution in [2.45, 2.75) is 59.7 Å². The quantitative estimate of drug-likeness (QED) is 0.487. The molecular formula is C30H43FN6O6. The molecule has 12 nitrogen and oxygen atoms in total. The maximum Gasteiger partial charge on any atom is 0.407 e. The maximum absolute atomic E-state index is 14.8. The standard InChI is InChI=1S/C30H43FN6O6/c1-19(2)16-35(28(39)25-24(18-42-6)37(33-32-25)22-10-8-7-9-21(22)31)23-15-20(27(38)34-11-13-43-14-12-34)17-36(29(40)41)26(23)30(3,4)5/h7-10,19-20,23,26H,11-18H2,1-6H3,(H,40,41)/t20-,23+,26?/m1/s1. The van der Waals surface area contributed by atoms with Gasteiger partial charge in [0.15, 0.2) is 5.69 Å². The zero-order chi connectivity index (χ0) is 31.5. The molecule has 43 heavy (non-hydrogen) atoms. The maximum atomic E-state index is 14.8. The summed E-state index contributed by atoms with van der Waals surface area (Å²) >= 11 is 0. The fourth-order valence-corrected chi connectivity index (χ4v) is 6.26. The smallest absolute Gasteiger partial charge is 0.407 e. The first kappa shape index (κ1) is 32.3. The minimum atomic E-state index is -1.15. The van der Waals surface area contributed by atoms with Crippen molar-refractivity contribution in [3.8, 4) is 5.69 Å². The van der Waals surface area contributed by atoms with Gasteiger partial charge in [0.2, 0.25) is 5.91 Å². The molecule has 0 saturated carbocycles. The minimum Gasteiger partial charge on any atom is -0.465 e. The van der Waals surface area contributed by atoms with Crippen LogP contribution in [-0.4, -0.2) is 111 Å². The van der Waals surface area contributed by atoms with E-state index < -0.39 is 41.2 Å². The lowest BCUT2D eigenvalue weighted by Crippen LogP contribution is -2.66. The highest BCUT2D eigenvalue weighted by Crippen LogP contribution is 2.38. The molecule has 2 fully saturated rings. The van der Waals surface area contributed by atoms with E-state index >= 15 is 0 Å². The van der Waals surface area contributed by atoms with Gasteiger partial charge in [0, 0.05) is 33.3 Å². The number of para-hydroxylation sites is 1. The summed E-state index contributed by atoms with van der Waals surface area (Å²) in [5.74, 6) is -1.80. The van der Waals surface area contributed by atoms with Crippen molar-refractivity contribution in [2.24, 2.45) is 17.3 Å². The molecule has 0 radical (unpaired) electrons. The number of hydrogen-bond acceptors (Lipinski definition) is 7. The second-order valence-corrected chi connectivity index (χ2v) is 12.7. The number of likely N-dealkylation sites (tertiary alicyclic amines) is 1. The summed E-state index contributed by atoms with van der Waals surface area (Å²) < 4.78 is 26.8. The van der Waals surface area contributed by atoms with Crippen LogP contribution >= 0.6 is 0 Å². The van der Waals surface area contributed by atoms with E-state index in [1.54, 1.807) is 21.9 Å². The third-order valence-electron chi connectivity index (χ3n) is 8.00. The van der Waals surface area contributed by atoms with Crippen LogP contribution in [0.1, 0.15) is 57.2 Å². The van der Waals surface area contributed by atoms with Gasteiger partial charge in [-0.1, -0.05) is 52.0 Å². The predicted molar refractivity (Wildman–Crippen MR) is 155 cm³/mol. The van der Waals surface area contributed by atoms with Crippen LogP contribution in [0.5, 0.6) is 0 Å². The Hall–Kier alpha value is -3.58. The Morgan fingerprint density at radius 3 is 2.44 bits per heavy atom. The summed E-state index contributed by atoms with van der Waals surface area (Å²) in [5.41, 5.74) is -0.200. The highest BCUT2D eigenvalue weighted by molar-refractivity contribution is 5.94. The topological polar surface area (TPSA) is 130 Å². The first-order valence-corrected chi connectivity index (χ1v) is 14.7. The number of rotatable bonds is 8. The van der Waals surface area contributed by atoms with Crippen molar-refractivity contribution in [3.05, 3.63) is 41.5 Å². The molecule has 0 aliphatic carbocycles. The molecule has 2 aromatic rings. The average molecular weight is 603 g/mol. The van der Waals surface area contributed by atoms with E-state index in [1.807, 2.05) is 34.6 Å². The molecule has 1 aromatic heterocycles. The van der Waals surface area contributed by atoms with E-state index in [1.165, 1.54) is 28.8 Å². The summed E-state index contributed by atoms with van der Waals surface area (Å²) in [5, 5.41) is 18.7. The number of aromatic nitrogens is 3. The Kier molecular flexibility index (Phi) is 10.1. The minimum absolute atomic E-state index is 0.00524. The zero-order valence-electron chi connectivity index (χ0n) is 25.8. The van der Waals surface area contributed by atoms with Crippen LogP contribution in [0, 0.1) is 23.1 Å². The number of nitrogens with zero attached hydrogens (tertiary/aromatic N) is 6. The molecular weight excluding hydrogens is 559 g/mol. The fraction of sp³-hybridized carbons (Fsp3) is 0.633. The Labute approximate surface area is 251 Å². The number of carboxylic acid groups (broad SMARTS) is 1. The molecule has 1 N–H and O–H groups in total. The number of benzene rings is 1. The van der Waals surface area contributed by atoms with Gasteiger partial charge >= 0.3 is 6.09 Å². The number of morpholine rings is 1. The third-order valence-corrected chi connectivity index (χ3v) is 8.00. The number of halogens is 1. The second kappa shape index (κ2) is 13.4. The fourth-order valence-electron chi connectivity index (χ4n) is 6.26. The number of piperidine rings is 1. The summed E-state index contributed by atoms with van der Waals surface area (Å²) in [6.07, 6.45) is -0.867. The molecule has 2 saturated heterocycles. The number of hydrogen-bond donors (Lipinski definition) is 1. The molecule has 2 aliphatic heterocycles. The van der Waals surface area contributed by atoms with E-state index in [4.69, 9.17) is 9.47 Å². The molecule has 1 aromatic carbocycles. The van der Waals surface area contributed by atoms with Gasteiger partial charge in [-0.3, -0.25) is 9.59 Å². The number of carbonyl (C=O) groups excluding carboxylic acids is 2. The van der Waals surface area contributed by atoms with Crippen LogP contribution in [0.3, 0.4) is 0 Å². The van der Waals surface area contributed by atoms with Crippen molar-refractivity contribution in [1.82, 2.24) is 29.7 Å². The molecule has 1 unspecified atom stereocenters. The SMILES string of the molecule is COCc1c(C(=O)N(CC(C)C)[C@H]2C[C@@H](C(=O)N3CCOCC3)CN(C(=O)O)C2C(C)(C)C)nnn1-c1ccccc1F. The Morgan fingerprint density at radius 1 is 1.19 bits per heavy atom. The van der Waals surface area contributed by atoms with Gasteiger partial charge in [0.05, 0.1) is 37.8 Å². The molecule has 4 rings (SSSR count). The first-order valence-electron chi connectivity index (χ1n) is 14.7. The number of amides is 3. The molecule has 236 valence electrons. The molecule has 3 amide bonds. The Morgan fingerprint density at radius 2 is 1.86 bits per heavy atom. The van der Waals surface area contributed by atoms with Crippen molar-refractivity contribution in [2.75, 3.05) is 46.5 Å². The van der Waals surface area contributed by atoms with E-state index in [-0.39, 0.29) is 55.0 Å². The lowest BCUT2D eigenvalue weighted by atomic mass is 9.74. The van der Waals surface area contributed by atoms with Crippen LogP contribution in [0.15, 0.2) is 24.3 Å². The van der Waals surface area contributed by atoms with Gasteiger partial charge in [0.1, 0.15) is 17.2 Å². The van der Waals surface area contributed by atoms with Crippen LogP contribution < -0.4 is 0 Å². The average Bonchev–Trinajstić information content (AvgIpc) is 3.38. The van der Waals surface area contributed by atoms with Crippen LogP contribution in [0.25, 0.3) is 5.69 Å². The highest BCUT2D eigenvalue weighted by atomic mass is 19.1. The second-order valence-electron chi connectivity index (χ2n) is 12.7. The van der Waals surface area contributed by atoms with Crippen molar-refractivity contribution in [3.63, 3.8) is 0 Å². The summed E-state index contributed by atoms with van der Waals surface area (Å²) in [4.78, 5) is 45.6. The van der Waals surface area contributed by atoms with E-state index in [0.29, 0.717) is 26.3 Å². The van der Waals surface area contributed by atoms with Gasteiger partial charge in [-0.25, -0.2) is 13.9 Å². The highest BCUT2D eigenvalue weighted by Gasteiger charge is 2.50. The van der Waals surface area contributed by atoms with Crippen LogP contribution in [-0.2, 0) is 20.9 Å². The van der Waals surface area contributed by atoms with Gasteiger partial charge in [-0.15, -0.1) is 5.10 Å². The lowest BCUT2D eigenvalue weighted by Gasteiger charge is -2.52. The van der Waals surface area contributed by atoms with Crippen LogP contribution in [0.2, 0.25) is 0 Å². The summed E-state index contributed by atoms with van der Waals surface area (Å²) in [6, 6.07) is 4.78. The normalized spacial score (nSPS) is 21.3. The van der Waals surface area contributed by atoms with Crippen LogP contribution in [0.4, 0.5) is 9.18 Å². The van der Waals surface area contributed by atoms with Gasteiger partial charge < -0.3 is 29.3 Å². The summed E-state index contributed by atoms with van der Waals surface area (Å²) in [7, 11) is 1.46. The van der Waals surface area contributed by atoms with Gasteiger partial charge in [0.25, 0.3) is 5.91 Å². The lowest BCUT2D eigenvalue weighted by molar-refractivity contribution is -0.144. The molecule has 2 aliphatic rings. The Bertz CT molecular complexity index is 1300. The number of carbonyl (C=O) groups is 3. The molecule has 0 spiro atoms. The number of methoxy groups -OCH3 is 1. The number of ether oxygens (including phenoxy) is 2. The molecule has 0 bridgehead atoms. The van der Waals surface area contributed by atoms with Gasteiger partial charge in [-0.05, 0) is 29.9 Å². The van der Waals surface area contributed by atoms with E-state index in [2.05, 4.69) is 10.3 Å². The summed E-state index contributed by atoms with van der Waals surface area (Å²) in [6.45, 7) is 11.7. The first-order chi connectivity index (χ1) is 20.3. The molecule has 3 heterocycles. The van der Waals surface area contributed by atoms with E-state index in [9.17, 15) is 23.9 Å². The largest absolute Gasteiger partial charge is 0.465 e. The predicted octanol–water partition coefficient (Wildman–Crippen LogP) is 3.29. The monoisotopic (exact) mass is 602 g/mol. The Balaban J connectivity index is 1.80. The van der Waals surface area contributed by atoms with Crippen molar-refractivity contribution >= 4 is 17.9 Å². The van der Waals surface area contributed by atoms with Crippen molar-refractivity contribution < 1.29 is 33.4 Å². The molecule has 13 heteroatoms. The molecule has 3 atom stereocenters. The van der Waals surface area contributed by atoms with Gasteiger partial charge in [-0.2, -0.15) is 0 Å². The zero-order valence-corrected chi connectivity index (χ0v) is 25.8. The van der Waals surface area contributed by atoms with Crippen molar-refractivity contribution in [1.29, 1.82) is 0 Å². The third kappa shape index (κ3) is 6.98.